The maximum atomic E-state index is 13.2. The summed E-state index contributed by atoms with van der Waals surface area (Å²) < 4.78 is 4.96. The molecule has 0 bridgehead atoms. The number of pyridine rings is 1. The van der Waals surface area contributed by atoms with Gasteiger partial charge in [-0.3, -0.25) is 14.9 Å². The molecule has 2 aromatic carbocycles. The number of aromatic nitrogens is 2. The molecule has 1 amide bonds. The van der Waals surface area contributed by atoms with Gasteiger partial charge < -0.3 is 10.5 Å². The van der Waals surface area contributed by atoms with Gasteiger partial charge in [-0.15, -0.1) is 22.7 Å². The Bertz CT molecular complexity index is 1550. The number of benzene rings is 2. The van der Waals surface area contributed by atoms with E-state index in [1.54, 1.807) is 12.3 Å². The van der Waals surface area contributed by atoms with E-state index >= 15 is 0 Å². The number of nitrogen functional groups attached to an aromatic ring is 1. The fraction of sp³-hybridized carbons (Fsp3) is 0.111. The summed E-state index contributed by atoms with van der Waals surface area (Å²) in [6.07, 6.45) is 0.0534. The van der Waals surface area contributed by atoms with Crippen LogP contribution in [0.2, 0.25) is 0 Å². The Hall–Kier alpha value is -4.08. The number of thiophene rings is 1. The summed E-state index contributed by atoms with van der Waals surface area (Å²) in [6, 6.07) is 21.8. The van der Waals surface area contributed by atoms with Crippen molar-refractivity contribution in [2.75, 3.05) is 17.7 Å². The van der Waals surface area contributed by atoms with E-state index in [1.165, 1.54) is 22.7 Å². The summed E-state index contributed by atoms with van der Waals surface area (Å²) in [5.74, 6) is -0.726. The summed E-state index contributed by atoms with van der Waals surface area (Å²) in [4.78, 5) is 35.2. The zero-order chi connectivity index (χ0) is 25.1. The SMILES string of the molecule is CCOC(=O)Cc1csc(NC(=O)c2sc3nc(-c4ccccc4)cc(-c4ccccc4)c3c2N)n1. The molecule has 0 fully saturated rings. The van der Waals surface area contributed by atoms with Gasteiger partial charge in [-0.05, 0) is 24.1 Å². The van der Waals surface area contributed by atoms with Crippen LogP contribution < -0.4 is 11.1 Å². The van der Waals surface area contributed by atoms with Crippen LogP contribution >= 0.6 is 22.7 Å². The Labute approximate surface area is 215 Å². The second-order valence-electron chi connectivity index (χ2n) is 7.89. The van der Waals surface area contributed by atoms with E-state index in [4.69, 9.17) is 15.5 Å². The van der Waals surface area contributed by atoms with Crippen LogP contribution in [0.3, 0.4) is 0 Å². The van der Waals surface area contributed by atoms with Gasteiger partial charge >= 0.3 is 5.97 Å². The zero-order valence-electron chi connectivity index (χ0n) is 19.4. The lowest BCUT2D eigenvalue weighted by Crippen LogP contribution is -2.12. The van der Waals surface area contributed by atoms with Crippen LogP contribution in [0, 0.1) is 0 Å². The maximum absolute atomic E-state index is 13.2. The summed E-state index contributed by atoms with van der Waals surface area (Å²) in [7, 11) is 0. The van der Waals surface area contributed by atoms with Crippen LogP contribution in [0.5, 0.6) is 0 Å². The summed E-state index contributed by atoms with van der Waals surface area (Å²) in [6.45, 7) is 2.06. The maximum Gasteiger partial charge on any atom is 0.311 e. The standard InChI is InChI=1S/C27H22N4O3S2/c1-2-34-21(32)13-18-15-35-27(29-18)31-25(33)24-23(28)22-19(16-9-5-3-6-10-16)14-20(30-26(22)36-24)17-11-7-4-8-12-17/h3-12,14-15H,2,13,28H2,1H3,(H,29,31,33). The van der Waals surface area contributed by atoms with Gasteiger partial charge in [0.1, 0.15) is 9.71 Å². The van der Waals surface area contributed by atoms with Crippen LogP contribution in [-0.4, -0.2) is 28.5 Å². The molecule has 5 rings (SSSR count). The Kier molecular flexibility index (Phi) is 6.75. The number of rotatable bonds is 7. The third-order valence-corrected chi connectivity index (χ3v) is 7.37. The molecule has 0 unspecified atom stereocenters. The van der Waals surface area contributed by atoms with Gasteiger partial charge in [0.05, 0.1) is 30.1 Å². The highest BCUT2D eigenvalue weighted by atomic mass is 32.1. The zero-order valence-corrected chi connectivity index (χ0v) is 21.0. The Morgan fingerprint density at radius 2 is 1.69 bits per heavy atom. The van der Waals surface area contributed by atoms with Crippen molar-refractivity contribution in [3.8, 4) is 22.4 Å². The number of fused-ring (bicyclic) bond motifs is 1. The van der Waals surface area contributed by atoms with Crippen molar-refractivity contribution in [1.82, 2.24) is 9.97 Å². The number of amides is 1. The van der Waals surface area contributed by atoms with E-state index in [2.05, 4.69) is 10.3 Å². The van der Waals surface area contributed by atoms with E-state index in [9.17, 15) is 9.59 Å². The van der Waals surface area contributed by atoms with Gasteiger partial charge in [0.25, 0.3) is 5.91 Å². The Morgan fingerprint density at radius 1 is 1.00 bits per heavy atom. The van der Waals surface area contributed by atoms with Crippen LogP contribution in [0.1, 0.15) is 22.3 Å². The molecule has 3 aromatic heterocycles. The minimum atomic E-state index is -0.368. The molecule has 0 aliphatic carbocycles. The molecule has 3 heterocycles. The normalized spacial score (nSPS) is 10.9. The highest BCUT2D eigenvalue weighted by Crippen LogP contribution is 2.41. The molecule has 0 saturated heterocycles. The first kappa shape index (κ1) is 23.7. The average molecular weight is 515 g/mol. The molecule has 5 aromatic rings. The molecule has 0 aliphatic heterocycles. The van der Waals surface area contributed by atoms with Crippen molar-refractivity contribution in [2.45, 2.75) is 13.3 Å². The van der Waals surface area contributed by atoms with E-state index in [-0.39, 0.29) is 18.3 Å². The minimum absolute atomic E-state index is 0.0534. The van der Waals surface area contributed by atoms with Gasteiger partial charge in [0.15, 0.2) is 5.13 Å². The molecule has 36 heavy (non-hydrogen) atoms. The smallest absolute Gasteiger partial charge is 0.311 e. The van der Waals surface area contributed by atoms with Crippen molar-refractivity contribution in [3.05, 3.63) is 82.7 Å². The number of anilines is 2. The second kappa shape index (κ2) is 10.3. The average Bonchev–Trinajstić information content (AvgIpc) is 3.48. The molecule has 0 aliphatic rings. The second-order valence-corrected chi connectivity index (χ2v) is 9.75. The lowest BCUT2D eigenvalue weighted by atomic mass is 9.99. The van der Waals surface area contributed by atoms with Crippen molar-refractivity contribution in [2.24, 2.45) is 0 Å². The molecular weight excluding hydrogens is 492 g/mol. The highest BCUT2D eigenvalue weighted by molar-refractivity contribution is 7.21. The number of hydrogen-bond donors (Lipinski definition) is 2. The van der Waals surface area contributed by atoms with Crippen LogP contribution in [0.15, 0.2) is 72.1 Å². The van der Waals surface area contributed by atoms with Crippen LogP contribution in [0.4, 0.5) is 10.8 Å². The lowest BCUT2D eigenvalue weighted by Gasteiger charge is -2.09. The van der Waals surface area contributed by atoms with Gasteiger partial charge in [0.2, 0.25) is 0 Å². The number of hydrogen-bond acceptors (Lipinski definition) is 8. The van der Waals surface area contributed by atoms with Gasteiger partial charge in [0, 0.05) is 16.3 Å². The van der Waals surface area contributed by atoms with Crippen LogP contribution in [0.25, 0.3) is 32.6 Å². The van der Waals surface area contributed by atoms with Gasteiger partial charge in [-0.25, -0.2) is 9.97 Å². The first-order valence-electron chi connectivity index (χ1n) is 11.3. The Morgan fingerprint density at radius 3 is 2.39 bits per heavy atom. The quantitative estimate of drug-likeness (QED) is 0.257. The summed E-state index contributed by atoms with van der Waals surface area (Å²) >= 11 is 2.49. The van der Waals surface area contributed by atoms with Crippen molar-refractivity contribution in [1.29, 1.82) is 0 Å². The monoisotopic (exact) mass is 514 g/mol. The number of ether oxygens (including phenoxy) is 1. The highest BCUT2D eigenvalue weighted by Gasteiger charge is 2.22. The third kappa shape index (κ3) is 4.84. The molecule has 0 radical (unpaired) electrons. The number of nitrogens with two attached hydrogens (primary N) is 1. The molecule has 0 saturated carbocycles. The van der Waals surface area contributed by atoms with Crippen molar-refractivity contribution < 1.29 is 14.3 Å². The third-order valence-electron chi connectivity index (χ3n) is 5.46. The number of nitrogens with one attached hydrogen (secondary N) is 1. The number of carbonyl (C=O) groups is 2. The lowest BCUT2D eigenvalue weighted by molar-refractivity contribution is -0.142. The molecule has 180 valence electrons. The fourth-order valence-corrected chi connectivity index (χ4v) is 5.57. The van der Waals surface area contributed by atoms with Crippen LogP contribution in [-0.2, 0) is 16.0 Å². The number of nitrogens with zero attached hydrogens (tertiary/aromatic N) is 2. The van der Waals surface area contributed by atoms with E-state index in [0.29, 0.717) is 32.8 Å². The molecular formula is C27H22N4O3S2. The van der Waals surface area contributed by atoms with Gasteiger partial charge in [-0.2, -0.15) is 0 Å². The number of carbonyl (C=O) groups excluding carboxylic acids is 2. The molecule has 7 nitrogen and oxygen atoms in total. The first-order chi connectivity index (χ1) is 17.5. The van der Waals surface area contributed by atoms with E-state index in [1.807, 2.05) is 66.7 Å². The summed E-state index contributed by atoms with van der Waals surface area (Å²) in [5.41, 5.74) is 11.2. The predicted octanol–water partition coefficient (Wildman–Crippen LogP) is 6.03. The fourth-order valence-electron chi connectivity index (χ4n) is 3.85. The minimum Gasteiger partial charge on any atom is -0.466 e. The molecule has 0 spiro atoms. The van der Waals surface area contributed by atoms with Crippen molar-refractivity contribution in [3.63, 3.8) is 0 Å². The van der Waals surface area contributed by atoms with E-state index in [0.717, 1.165) is 27.8 Å². The molecule has 0 atom stereocenters. The van der Waals surface area contributed by atoms with Gasteiger partial charge in [-0.1, -0.05) is 60.7 Å². The van der Waals surface area contributed by atoms with E-state index < -0.39 is 0 Å². The summed E-state index contributed by atoms with van der Waals surface area (Å²) in [5, 5.41) is 5.67. The topological polar surface area (TPSA) is 107 Å². The first-order valence-corrected chi connectivity index (χ1v) is 13.0. The van der Waals surface area contributed by atoms with Crippen molar-refractivity contribution >= 4 is 55.6 Å². The molecule has 9 heteroatoms. The largest absolute Gasteiger partial charge is 0.466 e. The number of thiazole rings is 1. The Balaban J connectivity index is 1.52. The molecule has 3 N–H and O–H groups in total. The predicted molar refractivity (Wildman–Crippen MR) is 145 cm³/mol. The number of esters is 1.